The van der Waals surface area contributed by atoms with Gasteiger partial charge in [0.15, 0.2) is 17.3 Å². The number of carbonyl (C=O) groups excluding carboxylic acids is 6. The summed E-state index contributed by atoms with van der Waals surface area (Å²) in [4.78, 5) is 106. The highest BCUT2D eigenvalue weighted by atomic mass is 16.7. The number of aliphatic hydroxyl groups excluding tert-OH is 3. The van der Waals surface area contributed by atoms with Crippen molar-refractivity contribution in [2.75, 3.05) is 0 Å². The molecule has 7 aliphatic rings. The molecule has 0 aliphatic heterocycles. The lowest BCUT2D eigenvalue weighted by Gasteiger charge is -2.63. The second-order valence-electron chi connectivity index (χ2n) is 48.1. The summed E-state index contributed by atoms with van der Waals surface area (Å²) < 4.78 is 22.8. The molecule has 12 heteroatoms. The van der Waals surface area contributed by atoms with Crippen LogP contribution in [0, 0.1) is 71.0 Å². The highest BCUT2D eigenvalue weighted by Gasteiger charge is 2.89. The molecule has 0 radical (unpaired) electrons. The zero-order valence-electron chi connectivity index (χ0n) is 92.1. The summed E-state index contributed by atoms with van der Waals surface area (Å²) in [6.45, 7) is 13.7. The van der Waals surface area contributed by atoms with Crippen molar-refractivity contribution in [3.05, 3.63) is 0 Å². The molecule has 3 N–H and O–H groups in total. The van der Waals surface area contributed by atoms with E-state index in [0.29, 0.717) is 120 Å². The summed E-state index contributed by atoms with van der Waals surface area (Å²) >= 11 is 0. The monoisotopic (exact) mass is 1930 g/mol. The second-order valence-corrected chi connectivity index (χ2v) is 48.1. The standard InChI is InChI=1S/C126H228O12/c1-7-13-19-25-31-37-43-49-55-61-67-73-103-79-91-109(92-80-103)116(128)124(136-121(133)112-97-85-106(86-98-112)76-70-64-58-52-46-40-34-28-22-16-10-4)119(131)115(127)120(132)125(117(129)110-93-81-104(82-94-110)74-68-62-56-50-44-38-32-26-20-14-8-2,137-122(134)113-99-87-107(88-100-113)77-71-65-59-53-47-41-35-29-23-17-11-5)126(124,118(130)111-95-83-105(84-96-111)75-69-63-57-51-45-39-33-27-21-15-9-3)138-123(135)114-101-89-108(90-102-114)78-72-66-60-54-48-42-36-30-24-18-12-6/h103-115,119-120,127,131-132H,7-102H2,1-6H3/t103-,104-,105-,106-,107-,108-,109-,110-,111-,112-,113-,114-,115-,119-,120+,124+,125-,126-. The van der Waals surface area contributed by atoms with Crippen LogP contribution in [0.5, 0.6) is 0 Å². The summed E-state index contributed by atoms with van der Waals surface area (Å²) in [7, 11) is 0. The quantitative estimate of drug-likeness (QED) is 0.0297. The number of hydrogen-bond donors (Lipinski definition) is 3. The van der Waals surface area contributed by atoms with Crippen molar-refractivity contribution < 1.29 is 58.3 Å². The Morgan fingerprint density at radius 3 is 0.486 bits per heavy atom. The van der Waals surface area contributed by atoms with Gasteiger partial charge in [0.1, 0.15) is 18.3 Å². The fourth-order valence-electron chi connectivity index (χ4n) is 27.3. The highest BCUT2D eigenvalue weighted by Crippen LogP contribution is 2.60. The van der Waals surface area contributed by atoms with Crippen LogP contribution in [0.3, 0.4) is 0 Å². The summed E-state index contributed by atoms with van der Waals surface area (Å²) in [6.07, 6.45) is 93.7. The van der Waals surface area contributed by atoms with E-state index in [-0.39, 0.29) is 30.6 Å². The van der Waals surface area contributed by atoms with Crippen molar-refractivity contribution >= 4 is 35.3 Å². The van der Waals surface area contributed by atoms with E-state index in [2.05, 4.69) is 41.5 Å². The molecule has 0 aromatic heterocycles. The van der Waals surface area contributed by atoms with Crippen LogP contribution >= 0.6 is 0 Å². The van der Waals surface area contributed by atoms with Gasteiger partial charge in [-0.1, -0.05) is 504 Å². The third kappa shape index (κ3) is 44.0. The van der Waals surface area contributed by atoms with Gasteiger partial charge < -0.3 is 29.5 Å². The molecule has 0 aromatic rings. The molecule has 0 bridgehead atoms. The summed E-state index contributed by atoms with van der Waals surface area (Å²) in [5.41, 5.74) is -10.2. The Morgan fingerprint density at radius 2 is 0.319 bits per heavy atom. The van der Waals surface area contributed by atoms with E-state index in [0.717, 1.165) is 141 Å². The van der Waals surface area contributed by atoms with E-state index in [1.54, 1.807) is 0 Å². The molecule has 0 aromatic carbocycles. The fourth-order valence-corrected chi connectivity index (χ4v) is 27.3. The van der Waals surface area contributed by atoms with Gasteiger partial charge in [0.05, 0.1) is 17.8 Å². The van der Waals surface area contributed by atoms with Gasteiger partial charge in [-0.05, 0) is 190 Å². The van der Waals surface area contributed by atoms with Crippen LogP contribution in [0.4, 0.5) is 0 Å². The highest BCUT2D eigenvalue weighted by molar-refractivity contribution is 6.12. The molecule has 7 rings (SSSR count). The van der Waals surface area contributed by atoms with Gasteiger partial charge >= 0.3 is 17.9 Å². The van der Waals surface area contributed by atoms with Gasteiger partial charge in [-0.3, -0.25) is 28.8 Å². The van der Waals surface area contributed by atoms with Crippen molar-refractivity contribution in [2.24, 2.45) is 71.0 Å². The predicted octanol–water partition coefficient (Wildman–Crippen LogP) is 36.7. The number of ether oxygens (including phenoxy) is 3. The van der Waals surface area contributed by atoms with Crippen LogP contribution in [0.1, 0.15) is 658 Å². The molecule has 7 fully saturated rings. The number of unbranched alkanes of at least 4 members (excludes halogenated alkanes) is 60. The molecular formula is C126H228O12. The average molecular weight is 1940 g/mol. The lowest BCUT2D eigenvalue weighted by Crippen LogP contribution is -2.92. The summed E-state index contributed by atoms with van der Waals surface area (Å²) in [5, 5.41) is 42.8. The number of hydrogen-bond acceptors (Lipinski definition) is 12. The summed E-state index contributed by atoms with van der Waals surface area (Å²) in [5.74, 6) is -8.67. The first-order chi connectivity index (χ1) is 67.6. The van der Waals surface area contributed by atoms with E-state index in [1.165, 1.54) is 360 Å². The third-order valence-corrected chi connectivity index (χ3v) is 36.9. The summed E-state index contributed by atoms with van der Waals surface area (Å²) in [6, 6.07) is 0. The van der Waals surface area contributed by atoms with Crippen molar-refractivity contribution in [1.82, 2.24) is 0 Å². The average Bonchev–Trinajstić information content (AvgIpc) is 0.656. The third-order valence-electron chi connectivity index (χ3n) is 36.9. The molecule has 6 atom stereocenters. The normalized spacial score (nSPS) is 27.6. The van der Waals surface area contributed by atoms with Gasteiger partial charge in [-0.2, -0.15) is 0 Å². The lowest BCUT2D eigenvalue weighted by atomic mass is 9.49. The Bertz CT molecular complexity index is 2870. The molecule has 0 heterocycles. The van der Waals surface area contributed by atoms with E-state index in [1.807, 2.05) is 0 Å². The van der Waals surface area contributed by atoms with E-state index in [4.69, 9.17) is 14.2 Å². The molecule has 7 aliphatic carbocycles. The molecule has 804 valence electrons. The fraction of sp³-hybridized carbons (Fsp3) is 0.952. The van der Waals surface area contributed by atoms with E-state index >= 15 is 28.8 Å². The van der Waals surface area contributed by atoms with Crippen LogP contribution in [0.2, 0.25) is 0 Å². The number of Topliss-reactive ketones (excluding diaryl/α,β-unsaturated/α-hetero) is 3. The maximum Gasteiger partial charge on any atom is 0.310 e. The SMILES string of the molecule is CCCCCCCCCCCCC[C@H]1CC[C@H](C(=O)O[C@@]2(C(=O)[C@H]3CC[C@H](CCCCCCCCCCCCC)CC3)[C@@](OC(=O)[C@H]3CC[C@H](CCCCCCCCCCCCC)CC3)(C(=O)[C@H]3CC[C@H](CCCCCCCCCCCCC)CC3)[C@@H](O)[C@H](O)[C@@H](O)[C@@]2(OC(=O)[C@H]2CC[C@H](CCCCCCCCCCCCC)CC2)C(=O)[C@H]2CC[C@H](CCCCCCCCCCCCC)CC2)CC1. The number of carbonyl (C=O) groups is 6. The first kappa shape index (κ1) is 122. The number of aliphatic hydroxyl groups is 3. The van der Waals surface area contributed by atoms with Gasteiger partial charge in [0, 0.05) is 17.8 Å². The van der Waals surface area contributed by atoms with E-state index < -0.39 is 106 Å². The van der Waals surface area contributed by atoms with Crippen LogP contribution in [-0.4, -0.2) is 85.7 Å². The molecule has 0 amide bonds. The predicted molar refractivity (Wildman–Crippen MR) is 579 cm³/mol. The zero-order valence-corrected chi connectivity index (χ0v) is 92.1. The molecule has 7 saturated carbocycles. The Kier molecular flexibility index (Phi) is 67.2. The maximum atomic E-state index is 18.7. The van der Waals surface area contributed by atoms with Crippen molar-refractivity contribution in [1.29, 1.82) is 0 Å². The Morgan fingerprint density at radius 1 is 0.181 bits per heavy atom. The van der Waals surface area contributed by atoms with Gasteiger partial charge in [-0.25, -0.2) is 0 Å². The number of rotatable bonds is 84. The second kappa shape index (κ2) is 75.9. The Labute approximate surface area is 852 Å². The van der Waals surface area contributed by atoms with Crippen LogP contribution in [0.15, 0.2) is 0 Å². The topological polar surface area (TPSA) is 191 Å². The minimum atomic E-state index is -3.47. The van der Waals surface area contributed by atoms with Crippen LogP contribution in [-0.2, 0) is 43.0 Å². The van der Waals surface area contributed by atoms with Gasteiger partial charge in [0.2, 0.25) is 11.2 Å². The minimum Gasteiger partial charge on any atom is -0.443 e. The maximum absolute atomic E-state index is 18.7. The van der Waals surface area contributed by atoms with Crippen molar-refractivity contribution in [3.63, 3.8) is 0 Å². The number of esters is 3. The molecule has 0 saturated heterocycles. The van der Waals surface area contributed by atoms with Gasteiger partial charge in [0.25, 0.3) is 5.60 Å². The van der Waals surface area contributed by atoms with Gasteiger partial charge in [-0.15, -0.1) is 0 Å². The smallest absolute Gasteiger partial charge is 0.310 e. The number of ketones is 3. The van der Waals surface area contributed by atoms with E-state index in [9.17, 15) is 15.3 Å². The minimum absolute atomic E-state index is 0.264. The Balaban J connectivity index is 1.33. The molecular weight excluding hydrogens is 1710 g/mol. The van der Waals surface area contributed by atoms with Crippen LogP contribution in [0.25, 0.3) is 0 Å². The zero-order chi connectivity index (χ0) is 98.6. The molecule has 0 unspecified atom stereocenters. The largest absolute Gasteiger partial charge is 0.443 e. The molecule has 138 heavy (non-hydrogen) atoms. The van der Waals surface area contributed by atoms with Crippen molar-refractivity contribution in [3.8, 4) is 0 Å². The Hall–Kier alpha value is -2.70. The lowest BCUT2D eigenvalue weighted by molar-refractivity contribution is -0.329. The first-order valence-corrected chi connectivity index (χ1v) is 62.9. The first-order valence-electron chi connectivity index (χ1n) is 62.9. The molecule has 0 spiro atoms. The van der Waals surface area contributed by atoms with Crippen LogP contribution < -0.4 is 0 Å². The van der Waals surface area contributed by atoms with Crippen molar-refractivity contribution in [2.45, 2.75) is 693 Å². The molecule has 12 nitrogen and oxygen atoms in total.